The molecule has 0 aliphatic carbocycles. The second-order valence-electron chi connectivity index (χ2n) is 14.4. The summed E-state index contributed by atoms with van der Waals surface area (Å²) in [5.74, 6) is 4.94. The van der Waals surface area contributed by atoms with Gasteiger partial charge in [0.2, 0.25) is 0 Å². The standard InChI is InChI=1S/C24H27Cl2N5O3.C17H24N4O2/c1-30-9-7-15(8-10-30)13-34-21-12-19-16(11-20(21)33-3)23(28-14-27-19)31(2)24(32)29-22-17(25)5-4-6-18(22)26;1-18-17-13-8-15(22-3)16(9-14(13)19-11-20-17)23-10-12-4-6-21(2)7-5-12/h4-6,11-12,14-15H,7-10,13H2,1-3H3,(H,29,32);8-9,11-12H,4-7,10H2,1-3H3,(H,18,19,20). The van der Waals surface area contributed by atoms with Crippen molar-refractivity contribution in [3.05, 3.63) is 65.2 Å². The average molecular weight is 821 g/mol. The number of urea groups is 1. The maximum atomic E-state index is 13.0. The van der Waals surface area contributed by atoms with Crippen molar-refractivity contribution < 1.29 is 23.7 Å². The zero-order valence-electron chi connectivity index (χ0n) is 33.3. The number of nitrogens with zero attached hydrogens (tertiary/aromatic N) is 7. The SMILES string of the molecule is CNc1ncnc2cc(OCC3CCN(C)CC3)c(OC)cc12.COc1cc2c(N(C)C(=O)Nc3c(Cl)cccc3Cl)ncnc2cc1OCC1CCN(C)CC1. The Labute approximate surface area is 343 Å². The molecule has 0 radical (unpaired) electrons. The Bertz CT molecular complexity index is 2130. The largest absolute Gasteiger partial charge is 0.493 e. The van der Waals surface area contributed by atoms with Crippen LogP contribution in [-0.2, 0) is 0 Å². The number of methoxy groups -OCH3 is 2. The molecule has 2 saturated heterocycles. The van der Waals surface area contributed by atoms with Crippen LogP contribution in [-0.4, -0.2) is 118 Å². The van der Waals surface area contributed by atoms with Crippen molar-refractivity contribution in [2.24, 2.45) is 11.8 Å². The smallest absolute Gasteiger partial charge is 0.327 e. The summed E-state index contributed by atoms with van der Waals surface area (Å²) in [6.07, 6.45) is 7.54. The molecule has 0 saturated carbocycles. The number of hydrogen-bond acceptors (Lipinski definition) is 12. The van der Waals surface area contributed by atoms with Crippen molar-refractivity contribution >= 4 is 68.4 Å². The van der Waals surface area contributed by atoms with Crippen molar-refractivity contribution in [2.45, 2.75) is 25.7 Å². The van der Waals surface area contributed by atoms with E-state index in [1.807, 2.05) is 25.2 Å². The Morgan fingerprint density at radius 3 is 1.75 bits per heavy atom. The molecule has 5 aromatic rings. The number of halogens is 2. The van der Waals surface area contributed by atoms with E-state index in [0.717, 1.165) is 73.8 Å². The predicted molar refractivity (Wildman–Crippen MR) is 227 cm³/mol. The number of amides is 2. The minimum atomic E-state index is -0.448. The molecular weight excluding hydrogens is 769 g/mol. The minimum Gasteiger partial charge on any atom is -0.493 e. The number of carbonyl (C=O) groups excluding carboxylic acids is 1. The monoisotopic (exact) mass is 819 g/mol. The number of aromatic nitrogens is 4. The zero-order chi connectivity index (χ0) is 40.5. The average Bonchev–Trinajstić information content (AvgIpc) is 3.23. The molecule has 16 heteroatoms. The molecule has 3 aromatic carbocycles. The van der Waals surface area contributed by atoms with E-state index < -0.39 is 6.03 Å². The molecule has 2 aromatic heterocycles. The number of benzene rings is 3. The van der Waals surface area contributed by atoms with Gasteiger partial charge < -0.3 is 39.4 Å². The Morgan fingerprint density at radius 2 is 1.25 bits per heavy atom. The van der Waals surface area contributed by atoms with Gasteiger partial charge >= 0.3 is 6.03 Å². The Morgan fingerprint density at radius 1 is 0.754 bits per heavy atom. The van der Waals surface area contributed by atoms with E-state index in [9.17, 15) is 4.79 Å². The number of ether oxygens (including phenoxy) is 4. The van der Waals surface area contributed by atoms with Gasteiger partial charge in [-0.1, -0.05) is 29.3 Å². The molecule has 2 amide bonds. The predicted octanol–water partition coefficient (Wildman–Crippen LogP) is 7.73. The second-order valence-corrected chi connectivity index (χ2v) is 15.2. The van der Waals surface area contributed by atoms with Gasteiger partial charge in [-0.15, -0.1) is 0 Å². The van der Waals surface area contributed by atoms with Crippen LogP contribution in [0.3, 0.4) is 0 Å². The van der Waals surface area contributed by atoms with Crippen molar-refractivity contribution in [3.8, 4) is 23.0 Å². The molecule has 0 bridgehead atoms. The number of carbonyl (C=O) groups is 1. The van der Waals surface area contributed by atoms with E-state index in [4.69, 9.17) is 42.1 Å². The lowest BCUT2D eigenvalue weighted by Crippen LogP contribution is -2.32. The molecule has 2 fully saturated rings. The van der Waals surface area contributed by atoms with Crippen LogP contribution < -0.4 is 34.5 Å². The molecule has 4 heterocycles. The van der Waals surface area contributed by atoms with Gasteiger partial charge in [0, 0.05) is 37.0 Å². The van der Waals surface area contributed by atoms with Gasteiger partial charge in [0.1, 0.15) is 24.3 Å². The quantitative estimate of drug-likeness (QED) is 0.135. The highest BCUT2D eigenvalue weighted by Gasteiger charge is 2.22. The van der Waals surface area contributed by atoms with Crippen LogP contribution in [0.2, 0.25) is 10.0 Å². The zero-order valence-corrected chi connectivity index (χ0v) is 34.9. The highest BCUT2D eigenvalue weighted by molar-refractivity contribution is 6.39. The molecule has 2 aliphatic rings. The van der Waals surface area contributed by atoms with Gasteiger partial charge in [-0.2, -0.15) is 0 Å². The summed E-state index contributed by atoms with van der Waals surface area (Å²) in [6, 6.07) is 12.1. The fourth-order valence-corrected chi connectivity index (χ4v) is 7.39. The summed E-state index contributed by atoms with van der Waals surface area (Å²) in [5.41, 5.74) is 1.83. The van der Waals surface area contributed by atoms with Gasteiger partial charge in [-0.05, 0) is 102 Å². The first-order chi connectivity index (χ1) is 27.6. The summed E-state index contributed by atoms with van der Waals surface area (Å²) >= 11 is 12.4. The first kappa shape index (κ1) is 41.7. The van der Waals surface area contributed by atoms with Crippen molar-refractivity contribution in [3.63, 3.8) is 0 Å². The first-order valence-electron chi connectivity index (χ1n) is 19.0. The number of likely N-dealkylation sites (tertiary alicyclic amines) is 2. The van der Waals surface area contributed by atoms with E-state index in [1.54, 1.807) is 51.9 Å². The fraction of sp³-hybridized carbons (Fsp3) is 0.439. The third-order valence-electron chi connectivity index (χ3n) is 10.5. The Balaban J connectivity index is 0.000000208. The van der Waals surface area contributed by atoms with Crippen LogP contribution in [0.25, 0.3) is 21.8 Å². The number of anilines is 3. The maximum absolute atomic E-state index is 13.0. The number of piperidine rings is 2. The van der Waals surface area contributed by atoms with Crippen LogP contribution in [0, 0.1) is 11.8 Å². The molecule has 2 N–H and O–H groups in total. The molecule has 14 nitrogen and oxygen atoms in total. The first-order valence-corrected chi connectivity index (χ1v) is 19.8. The number of hydrogen-bond donors (Lipinski definition) is 2. The van der Waals surface area contributed by atoms with Crippen LogP contribution in [0.1, 0.15) is 25.7 Å². The van der Waals surface area contributed by atoms with E-state index in [0.29, 0.717) is 62.4 Å². The van der Waals surface area contributed by atoms with Gasteiger partial charge in [-0.25, -0.2) is 24.7 Å². The van der Waals surface area contributed by atoms with Crippen LogP contribution in [0.15, 0.2) is 55.1 Å². The summed E-state index contributed by atoms with van der Waals surface area (Å²) in [4.78, 5) is 36.3. The van der Waals surface area contributed by atoms with Gasteiger partial charge in [0.05, 0.1) is 54.2 Å². The topological polar surface area (TPSA) is 139 Å². The molecule has 0 spiro atoms. The molecule has 0 unspecified atom stereocenters. The molecular formula is C41H51Cl2N9O5. The van der Waals surface area contributed by atoms with Gasteiger partial charge in [0.25, 0.3) is 0 Å². The van der Waals surface area contributed by atoms with Crippen LogP contribution >= 0.6 is 23.2 Å². The Kier molecular flexibility index (Phi) is 14.3. The number of fused-ring (bicyclic) bond motifs is 2. The third-order valence-corrected chi connectivity index (χ3v) is 11.1. The Hall–Kier alpha value is -4.89. The normalized spacial score (nSPS) is 15.4. The minimum absolute atomic E-state index is 0.336. The lowest BCUT2D eigenvalue weighted by Gasteiger charge is -2.29. The van der Waals surface area contributed by atoms with Gasteiger partial charge in [0.15, 0.2) is 23.0 Å². The van der Waals surface area contributed by atoms with E-state index in [1.165, 1.54) is 24.1 Å². The van der Waals surface area contributed by atoms with Gasteiger partial charge in [-0.3, -0.25) is 4.90 Å². The second kappa shape index (κ2) is 19.5. The van der Waals surface area contributed by atoms with Crippen LogP contribution in [0.5, 0.6) is 23.0 Å². The molecule has 304 valence electrons. The molecule has 57 heavy (non-hydrogen) atoms. The third kappa shape index (κ3) is 10.4. The number of rotatable bonds is 11. The summed E-state index contributed by atoms with van der Waals surface area (Å²) in [7, 11) is 11.0. The summed E-state index contributed by atoms with van der Waals surface area (Å²) in [6.45, 7) is 5.78. The van der Waals surface area contributed by atoms with Crippen molar-refractivity contribution in [2.75, 3.05) is 97.3 Å². The lowest BCUT2D eigenvalue weighted by atomic mass is 9.98. The fourth-order valence-electron chi connectivity index (χ4n) is 6.90. The maximum Gasteiger partial charge on any atom is 0.327 e. The van der Waals surface area contributed by atoms with E-state index in [2.05, 4.69) is 54.5 Å². The van der Waals surface area contributed by atoms with Crippen molar-refractivity contribution in [1.82, 2.24) is 29.7 Å². The molecule has 0 atom stereocenters. The highest BCUT2D eigenvalue weighted by atomic mass is 35.5. The van der Waals surface area contributed by atoms with Crippen molar-refractivity contribution in [1.29, 1.82) is 0 Å². The highest BCUT2D eigenvalue weighted by Crippen LogP contribution is 2.37. The van der Waals surface area contributed by atoms with Crippen LogP contribution in [0.4, 0.5) is 22.1 Å². The molecule has 2 aliphatic heterocycles. The van der Waals surface area contributed by atoms with E-state index in [-0.39, 0.29) is 0 Å². The molecule has 7 rings (SSSR count). The number of para-hydroxylation sites is 1. The number of nitrogens with one attached hydrogen (secondary N) is 2. The van der Waals surface area contributed by atoms with E-state index >= 15 is 0 Å². The summed E-state index contributed by atoms with van der Waals surface area (Å²) < 4.78 is 23.3. The lowest BCUT2D eigenvalue weighted by molar-refractivity contribution is 0.157. The summed E-state index contributed by atoms with van der Waals surface area (Å²) in [5, 5.41) is 8.08.